The summed E-state index contributed by atoms with van der Waals surface area (Å²) in [7, 11) is -3.83. The smallest absolute Gasteiger partial charge is 0.416 e. The van der Waals surface area contributed by atoms with E-state index in [1.165, 1.54) is 31.2 Å². The van der Waals surface area contributed by atoms with Gasteiger partial charge in [-0.25, -0.2) is 13.4 Å². The van der Waals surface area contributed by atoms with Crippen molar-refractivity contribution in [1.82, 2.24) is 4.98 Å². The number of hydrogen-bond donors (Lipinski definition) is 1. The van der Waals surface area contributed by atoms with Gasteiger partial charge < -0.3 is 9.84 Å². The van der Waals surface area contributed by atoms with Crippen LogP contribution in [0.25, 0.3) is 0 Å². The maximum absolute atomic E-state index is 13.2. The SMILES string of the molecule is Cc1cc(S(=O)(=O)c2ccccc2)cnc1Oc1cc(CC(=O)O)cc(C(F)(F)F)c1. The lowest BCUT2D eigenvalue weighted by Crippen LogP contribution is -2.08. The fourth-order valence-electron chi connectivity index (χ4n) is 2.80. The number of sulfone groups is 1. The molecule has 3 rings (SSSR count). The molecule has 1 aromatic heterocycles. The molecule has 0 radical (unpaired) electrons. The van der Waals surface area contributed by atoms with Crippen LogP contribution in [-0.4, -0.2) is 24.5 Å². The van der Waals surface area contributed by atoms with E-state index in [-0.39, 0.29) is 32.5 Å². The number of benzene rings is 2. The molecular formula is C21H16F3NO5S. The van der Waals surface area contributed by atoms with Crippen molar-refractivity contribution in [2.45, 2.75) is 29.3 Å². The zero-order valence-electron chi connectivity index (χ0n) is 16.1. The van der Waals surface area contributed by atoms with Gasteiger partial charge in [-0.3, -0.25) is 4.79 Å². The van der Waals surface area contributed by atoms with Gasteiger partial charge in [0, 0.05) is 11.8 Å². The Kier molecular flexibility index (Phi) is 6.03. The number of nitrogens with zero attached hydrogens (tertiary/aromatic N) is 1. The van der Waals surface area contributed by atoms with Crippen molar-refractivity contribution >= 4 is 15.8 Å². The van der Waals surface area contributed by atoms with Crippen molar-refractivity contribution in [3.63, 3.8) is 0 Å². The number of rotatable bonds is 6. The number of carboxylic acid groups (broad SMARTS) is 1. The summed E-state index contributed by atoms with van der Waals surface area (Å²) in [6, 6.07) is 11.6. The molecule has 0 amide bonds. The van der Waals surface area contributed by atoms with Gasteiger partial charge in [-0.05, 0) is 48.9 Å². The molecule has 31 heavy (non-hydrogen) atoms. The van der Waals surface area contributed by atoms with E-state index >= 15 is 0 Å². The summed E-state index contributed by atoms with van der Waals surface area (Å²) in [4.78, 5) is 14.8. The molecule has 0 fully saturated rings. The van der Waals surface area contributed by atoms with Crippen molar-refractivity contribution in [1.29, 1.82) is 0 Å². The fourth-order valence-corrected chi connectivity index (χ4v) is 4.11. The van der Waals surface area contributed by atoms with Gasteiger partial charge in [-0.1, -0.05) is 18.2 Å². The molecule has 0 saturated heterocycles. The maximum atomic E-state index is 13.2. The molecule has 0 unspecified atom stereocenters. The van der Waals surface area contributed by atoms with Crippen molar-refractivity contribution in [2.75, 3.05) is 0 Å². The van der Waals surface area contributed by atoms with Crippen LogP contribution >= 0.6 is 0 Å². The van der Waals surface area contributed by atoms with Gasteiger partial charge in [-0.15, -0.1) is 0 Å². The monoisotopic (exact) mass is 451 g/mol. The summed E-state index contributed by atoms with van der Waals surface area (Å²) >= 11 is 0. The second-order valence-corrected chi connectivity index (χ2v) is 8.60. The Bertz CT molecular complexity index is 1230. The summed E-state index contributed by atoms with van der Waals surface area (Å²) in [6.07, 6.45) is -4.28. The highest BCUT2D eigenvalue weighted by Gasteiger charge is 2.32. The van der Waals surface area contributed by atoms with E-state index in [2.05, 4.69) is 4.98 Å². The molecule has 1 heterocycles. The molecule has 2 aromatic carbocycles. The Hall–Kier alpha value is -3.40. The number of aliphatic carboxylic acids is 1. The molecule has 0 spiro atoms. The van der Waals surface area contributed by atoms with E-state index < -0.39 is 34.0 Å². The van der Waals surface area contributed by atoms with E-state index in [1.54, 1.807) is 18.2 Å². The van der Waals surface area contributed by atoms with Crippen molar-refractivity contribution in [3.05, 3.63) is 77.5 Å². The second kappa shape index (κ2) is 8.38. The third-order valence-corrected chi connectivity index (χ3v) is 5.97. The number of aromatic nitrogens is 1. The Labute approximate surface area is 175 Å². The fraction of sp³-hybridized carbons (Fsp3) is 0.143. The van der Waals surface area contributed by atoms with Crippen LogP contribution in [0.2, 0.25) is 0 Å². The predicted molar refractivity (Wildman–Crippen MR) is 104 cm³/mol. The molecule has 0 bridgehead atoms. The Morgan fingerprint density at radius 2 is 1.74 bits per heavy atom. The predicted octanol–water partition coefficient (Wildman–Crippen LogP) is 4.66. The van der Waals surface area contributed by atoms with Crippen molar-refractivity contribution in [3.8, 4) is 11.6 Å². The van der Waals surface area contributed by atoms with Crippen molar-refractivity contribution in [2.24, 2.45) is 0 Å². The Morgan fingerprint density at radius 1 is 1.06 bits per heavy atom. The molecule has 0 atom stereocenters. The van der Waals surface area contributed by atoms with Crippen LogP contribution in [0.15, 0.2) is 70.6 Å². The first-order chi connectivity index (χ1) is 14.5. The molecule has 0 aliphatic carbocycles. The number of hydrogen-bond acceptors (Lipinski definition) is 5. The maximum Gasteiger partial charge on any atom is 0.416 e. The topological polar surface area (TPSA) is 93.6 Å². The standard InChI is InChI=1S/C21H16F3NO5S/c1-13-7-18(31(28,29)17-5-3-2-4-6-17)12-25-20(13)30-16-9-14(10-19(26)27)8-15(11-16)21(22,23)24/h2-9,11-12H,10H2,1H3,(H,26,27). The highest BCUT2D eigenvalue weighted by Crippen LogP contribution is 2.35. The van der Waals surface area contributed by atoms with E-state index in [0.717, 1.165) is 18.3 Å². The first-order valence-corrected chi connectivity index (χ1v) is 10.3. The van der Waals surface area contributed by atoms with Crippen LogP contribution in [0.3, 0.4) is 0 Å². The molecular weight excluding hydrogens is 435 g/mol. The molecule has 0 saturated carbocycles. The average molecular weight is 451 g/mol. The summed E-state index contributed by atoms with van der Waals surface area (Å²) in [6.45, 7) is 1.50. The average Bonchev–Trinajstić information content (AvgIpc) is 2.69. The van der Waals surface area contributed by atoms with Gasteiger partial charge in [0.1, 0.15) is 5.75 Å². The van der Waals surface area contributed by atoms with Gasteiger partial charge in [0.25, 0.3) is 0 Å². The normalized spacial score (nSPS) is 11.9. The minimum absolute atomic E-state index is 0.0704. The lowest BCUT2D eigenvalue weighted by molar-refractivity contribution is -0.138. The molecule has 1 N–H and O–H groups in total. The number of alkyl halides is 3. The van der Waals surface area contributed by atoms with Gasteiger partial charge in [0.05, 0.1) is 21.8 Å². The van der Waals surface area contributed by atoms with Crippen LogP contribution in [0.1, 0.15) is 16.7 Å². The minimum Gasteiger partial charge on any atom is -0.481 e. The Balaban J connectivity index is 1.96. The van der Waals surface area contributed by atoms with Crippen LogP contribution < -0.4 is 4.74 Å². The van der Waals surface area contributed by atoms with Crippen LogP contribution in [0.4, 0.5) is 13.2 Å². The van der Waals surface area contributed by atoms with E-state index in [0.29, 0.717) is 0 Å². The summed E-state index contributed by atoms with van der Waals surface area (Å²) in [5, 5.41) is 8.89. The van der Waals surface area contributed by atoms with E-state index in [9.17, 15) is 26.4 Å². The first-order valence-electron chi connectivity index (χ1n) is 8.84. The van der Waals surface area contributed by atoms with Crippen molar-refractivity contribution < 1.29 is 36.2 Å². The first kappa shape index (κ1) is 22.3. The number of ether oxygens (including phenoxy) is 1. The molecule has 10 heteroatoms. The van der Waals surface area contributed by atoms with E-state index in [4.69, 9.17) is 9.84 Å². The lowest BCUT2D eigenvalue weighted by Gasteiger charge is -2.13. The molecule has 6 nitrogen and oxygen atoms in total. The summed E-state index contributed by atoms with van der Waals surface area (Å²) in [5.41, 5.74) is -0.894. The van der Waals surface area contributed by atoms with Crippen LogP contribution in [0, 0.1) is 6.92 Å². The second-order valence-electron chi connectivity index (χ2n) is 6.65. The summed E-state index contributed by atoms with van der Waals surface area (Å²) in [5.74, 6) is -1.66. The molecule has 0 aliphatic rings. The highest BCUT2D eigenvalue weighted by atomic mass is 32.2. The number of halogens is 3. The number of pyridine rings is 1. The number of carboxylic acids is 1. The summed E-state index contributed by atoms with van der Waals surface area (Å²) < 4.78 is 70.3. The third-order valence-electron chi connectivity index (χ3n) is 4.23. The highest BCUT2D eigenvalue weighted by molar-refractivity contribution is 7.91. The quantitative estimate of drug-likeness (QED) is 0.586. The third kappa shape index (κ3) is 5.21. The van der Waals surface area contributed by atoms with Gasteiger partial charge in [0.2, 0.25) is 15.7 Å². The number of aryl methyl sites for hydroxylation is 1. The van der Waals surface area contributed by atoms with Gasteiger partial charge >= 0.3 is 12.1 Å². The molecule has 0 aliphatic heterocycles. The number of carbonyl (C=O) groups is 1. The molecule has 3 aromatic rings. The zero-order valence-corrected chi connectivity index (χ0v) is 16.9. The lowest BCUT2D eigenvalue weighted by atomic mass is 10.1. The minimum atomic E-state index is -4.71. The molecule has 162 valence electrons. The van der Waals surface area contributed by atoms with Gasteiger partial charge in [0.15, 0.2) is 0 Å². The van der Waals surface area contributed by atoms with Crippen LogP contribution in [0.5, 0.6) is 11.6 Å². The largest absolute Gasteiger partial charge is 0.481 e. The Morgan fingerprint density at radius 3 is 2.32 bits per heavy atom. The van der Waals surface area contributed by atoms with E-state index in [1.807, 2.05) is 0 Å². The zero-order chi connectivity index (χ0) is 22.8. The van der Waals surface area contributed by atoms with Gasteiger partial charge in [-0.2, -0.15) is 13.2 Å². The van der Waals surface area contributed by atoms with Crippen LogP contribution in [-0.2, 0) is 27.2 Å².